The summed E-state index contributed by atoms with van der Waals surface area (Å²) < 4.78 is 0. The molecule has 3 heteroatoms. The fourth-order valence-corrected chi connectivity index (χ4v) is 8.68. The van der Waals surface area contributed by atoms with Crippen LogP contribution in [-0.4, -0.2) is 23.5 Å². The summed E-state index contributed by atoms with van der Waals surface area (Å²) in [6.07, 6.45) is 18.5. The van der Waals surface area contributed by atoms with E-state index in [1.54, 1.807) is 0 Å². The van der Waals surface area contributed by atoms with Gasteiger partial charge in [0.25, 0.3) is 0 Å². The Morgan fingerprint density at radius 3 is 2.03 bits per heavy atom. The molecule has 1 aromatic carbocycles. The van der Waals surface area contributed by atoms with Crippen molar-refractivity contribution in [3.05, 3.63) is 39.4 Å². The summed E-state index contributed by atoms with van der Waals surface area (Å²) in [5.74, 6) is 4.16. The third-order valence-corrected chi connectivity index (χ3v) is 9.62. The van der Waals surface area contributed by atoms with Gasteiger partial charge >= 0.3 is 0 Å². The number of hydrogen-bond donors (Lipinski definition) is 0. The van der Waals surface area contributed by atoms with Gasteiger partial charge in [0, 0.05) is 28.7 Å². The molecule has 6 rings (SSSR count). The number of nitrogens with zero attached hydrogens (tertiary/aromatic N) is 1. The second-order valence-corrected chi connectivity index (χ2v) is 12.2. The van der Waals surface area contributed by atoms with Crippen LogP contribution in [0.5, 0.6) is 0 Å². The van der Waals surface area contributed by atoms with Gasteiger partial charge in [0.05, 0.1) is 0 Å². The van der Waals surface area contributed by atoms with E-state index in [9.17, 15) is 0 Å². The highest BCUT2D eigenvalue weighted by molar-refractivity contribution is 6.36. The van der Waals surface area contributed by atoms with Gasteiger partial charge in [-0.3, -0.25) is 4.90 Å². The third-order valence-electron chi connectivity index (χ3n) is 8.99. The normalized spacial score (nSPS) is 33.3. The number of benzene rings is 1. The third kappa shape index (κ3) is 4.62. The molecule has 0 unspecified atom stereocenters. The van der Waals surface area contributed by atoms with Gasteiger partial charge in [0.1, 0.15) is 0 Å². The first-order valence-electron chi connectivity index (χ1n) is 12.9. The maximum atomic E-state index is 6.91. The first-order valence-corrected chi connectivity index (χ1v) is 13.7. The molecule has 0 radical (unpaired) electrons. The standard InChI is InChI=1S/C28H39Cl2N/c1-18(2)31(24-8-4-3-5-9-24)10-6-7-19-16-25(29)28(26(30)17-19)27-22-12-20-11-21(14-22)15-23(27)13-20/h6-7,16-18,20-24,27H,3-5,8-15H2,1-2H3/b7-6-. The summed E-state index contributed by atoms with van der Waals surface area (Å²) in [6.45, 7) is 5.67. The zero-order valence-electron chi connectivity index (χ0n) is 19.3. The molecule has 5 fully saturated rings. The van der Waals surface area contributed by atoms with Crippen molar-refractivity contribution in [1.29, 1.82) is 0 Å². The van der Waals surface area contributed by atoms with Crippen LogP contribution in [0, 0.1) is 23.7 Å². The Hall–Kier alpha value is -0.500. The van der Waals surface area contributed by atoms with E-state index in [0.717, 1.165) is 51.9 Å². The summed E-state index contributed by atoms with van der Waals surface area (Å²) in [7, 11) is 0. The Balaban J connectivity index is 1.30. The highest BCUT2D eigenvalue weighted by Gasteiger charge is 2.49. The Morgan fingerprint density at radius 2 is 1.48 bits per heavy atom. The second-order valence-electron chi connectivity index (χ2n) is 11.3. The molecule has 0 atom stereocenters. The highest BCUT2D eigenvalue weighted by Crippen LogP contribution is 2.61. The lowest BCUT2D eigenvalue weighted by atomic mass is 9.50. The predicted molar refractivity (Wildman–Crippen MR) is 134 cm³/mol. The van der Waals surface area contributed by atoms with Gasteiger partial charge in [0.15, 0.2) is 0 Å². The molecule has 5 aliphatic rings. The summed E-state index contributed by atoms with van der Waals surface area (Å²) >= 11 is 13.8. The average molecular weight is 461 g/mol. The Labute approximate surface area is 199 Å². The monoisotopic (exact) mass is 459 g/mol. The molecule has 5 saturated carbocycles. The molecule has 0 aromatic heterocycles. The van der Waals surface area contributed by atoms with Crippen LogP contribution >= 0.6 is 23.2 Å². The van der Waals surface area contributed by atoms with E-state index in [2.05, 4.69) is 43.0 Å². The van der Waals surface area contributed by atoms with Gasteiger partial charge in [0.2, 0.25) is 0 Å². The molecule has 0 amide bonds. The molecule has 1 nitrogen and oxygen atoms in total. The second kappa shape index (κ2) is 9.40. The zero-order valence-corrected chi connectivity index (χ0v) is 20.8. The largest absolute Gasteiger partial charge is 0.294 e. The van der Waals surface area contributed by atoms with Crippen molar-refractivity contribution in [2.75, 3.05) is 6.54 Å². The molecule has 0 saturated heterocycles. The number of halogens is 2. The quantitative estimate of drug-likeness (QED) is 0.411. The fourth-order valence-electron chi connectivity index (χ4n) is 7.92. The molecule has 0 aliphatic heterocycles. The van der Waals surface area contributed by atoms with Crippen molar-refractivity contribution >= 4 is 29.3 Å². The molecular weight excluding hydrogens is 421 g/mol. The van der Waals surface area contributed by atoms with Crippen LogP contribution < -0.4 is 0 Å². The molecule has 0 heterocycles. The Kier molecular flexibility index (Phi) is 6.76. The maximum Gasteiger partial charge on any atom is 0.0461 e. The lowest BCUT2D eigenvalue weighted by Gasteiger charge is -2.55. The number of rotatable bonds is 6. The van der Waals surface area contributed by atoms with Crippen molar-refractivity contribution in [1.82, 2.24) is 4.90 Å². The van der Waals surface area contributed by atoms with E-state index < -0.39 is 0 Å². The van der Waals surface area contributed by atoms with Crippen molar-refractivity contribution in [3.8, 4) is 0 Å². The molecule has 0 spiro atoms. The first kappa shape index (κ1) is 22.3. The predicted octanol–water partition coefficient (Wildman–Crippen LogP) is 8.59. The molecule has 1 aromatic rings. The Bertz CT molecular complexity index is 756. The molecule has 31 heavy (non-hydrogen) atoms. The van der Waals surface area contributed by atoms with Crippen LogP contribution in [0.25, 0.3) is 6.08 Å². The maximum absolute atomic E-state index is 6.91. The minimum absolute atomic E-state index is 0.583. The van der Waals surface area contributed by atoms with Crippen LogP contribution in [0.2, 0.25) is 10.0 Å². The molecule has 170 valence electrons. The van der Waals surface area contributed by atoms with Crippen LogP contribution in [0.3, 0.4) is 0 Å². The number of hydrogen-bond acceptors (Lipinski definition) is 1. The summed E-state index contributed by atoms with van der Waals surface area (Å²) in [6, 6.07) is 5.67. The van der Waals surface area contributed by atoms with Gasteiger partial charge in [-0.05, 0) is 112 Å². The zero-order chi connectivity index (χ0) is 21.5. The topological polar surface area (TPSA) is 3.24 Å². The average Bonchev–Trinajstić information content (AvgIpc) is 2.72. The van der Waals surface area contributed by atoms with Crippen molar-refractivity contribution in [3.63, 3.8) is 0 Å². The van der Waals surface area contributed by atoms with Gasteiger partial charge in [-0.25, -0.2) is 0 Å². The van der Waals surface area contributed by atoms with E-state index in [1.165, 1.54) is 69.8 Å². The van der Waals surface area contributed by atoms with Gasteiger partial charge in [-0.2, -0.15) is 0 Å². The first-order chi connectivity index (χ1) is 15.0. The van der Waals surface area contributed by atoms with Crippen molar-refractivity contribution < 1.29 is 0 Å². The van der Waals surface area contributed by atoms with Crippen LogP contribution in [0.4, 0.5) is 0 Å². The lowest BCUT2D eigenvalue weighted by Crippen LogP contribution is -2.43. The smallest absolute Gasteiger partial charge is 0.0461 e. The van der Waals surface area contributed by atoms with E-state index in [-0.39, 0.29) is 0 Å². The van der Waals surface area contributed by atoms with E-state index >= 15 is 0 Å². The molecule has 4 bridgehead atoms. The lowest BCUT2D eigenvalue weighted by molar-refractivity contribution is -0.00272. The van der Waals surface area contributed by atoms with Crippen LogP contribution in [0.1, 0.15) is 95.1 Å². The fraction of sp³-hybridized carbons (Fsp3) is 0.714. The summed E-state index contributed by atoms with van der Waals surface area (Å²) in [4.78, 5) is 2.67. The van der Waals surface area contributed by atoms with Gasteiger partial charge in [-0.15, -0.1) is 0 Å². The Morgan fingerprint density at radius 1 is 0.903 bits per heavy atom. The summed E-state index contributed by atoms with van der Waals surface area (Å²) in [5.41, 5.74) is 2.41. The van der Waals surface area contributed by atoms with E-state index in [1.807, 2.05) is 0 Å². The molecular formula is C28H39Cl2N. The van der Waals surface area contributed by atoms with Gasteiger partial charge < -0.3 is 0 Å². The van der Waals surface area contributed by atoms with E-state index in [0.29, 0.717) is 12.0 Å². The molecule has 0 N–H and O–H groups in total. The summed E-state index contributed by atoms with van der Waals surface area (Å²) in [5, 5.41) is 1.80. The highest BCUT2D eigenvalue weighted by atomic mass is 35.5. The van der Waals surface area contributed by atoms with Crippen molar-refractivity contribution in [2.45, 2.75) is 96.1 Å². The van der Waals surface area contributed by atoms with Crippen molar-refractivity contribution in [2.24, 2.45) is 23.7 Å². The van der Waals surface area contributed by atoms with E-state index in [4.69, 9.17) is 23.2 Å². The van der Waals surface area contributed by atoms with Crippen LogP contribution in [0.15, 0.2) is 18.2 Å². The molecule has 5 aliphatic carbocycles. The minimum atomic E-state index is 0.583. The minimum Gasteiger partial charge on any atom is -0.294 e. The SMILES string of the molecule is CC(C)N(C/C=C\c1cc(Cl)c(C2C3CC4CC(C3)CC2C4)c(Cl)c1)C1CCCCC1. The van der Waals surface area contributed by atoms with Gasteiger partial charge in [-0.1, -0.05) is 54.6 Å². The van der Waals surface area contributed by atoms with Crippen LogP contribution in [-0.2, 0) is 0 Å².